The van der Waals surface area contributed by atoms with Crippen LogP contribution in [0.3, 0.4) is 0 Å². The van der Waals surface area contributed by atoms with E-state index in [-0.39, 0.29) is 5.91 Å². The number of hydrogen-bond acceptors (Lipinski definition) is 6. The molecule has 2 N–H and O–H groups in total. The lowest BCUT2D eigenvalue weighted by Gasteiger charge is -2.14. The van der Waals surface area contributed by atoms with Crippen molar-refractivity contribution in [3.8, 4) is 11.5 Å². The van der Waals surface area contributed by atoms with Crippen molar-refractivity contribution in [1.29, 1.82) is 0 Å². The molecule has 1 heterocycles. The van der Waals surface area contributed by atoms with Crippen molar-refractivity contribution < 1.29 is 14.3 Å². The number of nitrogens with zero attached hydrogens (tertiary/aromatic N) is 2. The van der Waals surface area contributed by atoms with Gasteiger partial charge in [-0.3, -0.25) is 4.79 Å². The molecule has 1 aromatic heterocycles. The van der Waals surface area contributed by atoms with E-state index in [1.54, 1.807) is 18.2 Å². The number of anilines is 3. The normalized spacial score (nSPS) is 10.5. The van der Waals surface area contributed by atoms with Gasteiger partial charge in [-0.15, -0.1) is 0 Å². The van der Waals surface area contributed by atoms with E-state index in [0.717, 1.165) is 29.9 Å². The van der Waals surface area contributed by atoms with Crippen LogP contribution in [0, 0.1) is 13.8 Å². The van der Waals surface area contributed by atoms with Crippen LogP contribution in [0.1, 0.15) is 48.4 Å². The monoisotopic (exact) mass is 434 g/mol. The Balaban J connectivity index is 1.72. The van der Waals surface area contributed by atoms with E-state index in [9.17, 15) is 4.79 Å². The minimum absolute atomic E-state index is 0.231. The number of carbonyl (C=O) groups excluding carboxylic acids is 1. The zero-order valence-corrected chi connectivity index (χ0v) is 19.1. The Hall–Kier alpha value is -3.61. The van der Waals surface area contributed by atoms with Crippen LogP contribution < -0.4 is 20.1 Å². The Morgan fingerprint density at radius 3 is 2.38 bits per heavy atom. The van der Waals surface area contributed by atoms with E-state index in [1.165, 1.54) is 0 Å². The van der Waals surface area contributed by atoms with Crippen LogP contribution in [-0.2, 0) is 0 Å². The summed E-state index contributed by atoms with van der Waals surface area (Å²) < 4.78 is 11.5. The van der Waals surface area contributed by atoms with Gasteiger partial charge in [-0.2, -0.15) is 0 Å². The van der Waals surface area contributed by atoms with Crippen LogP contribution in [0.4, 0.5) is 17.3 Å². The lowest BCUT2D eigenvalue weighted by molar-refractivity contribution is 0.102. The minimum atomic E-state index is -0.231. The van der Waals surface area contributed by atoms with Crippen molar-refractivity contribution in [3.05, 3.63) is 65.5 Å². The molecule has 0 bridgehead atoms. The maximum atomic E-state index is 12.8. The number of rotatable bonds is 10. The van der Waals surface area contributed by atoms with E-state index >= 15 is 0 Å². The van der Waals surface area contributed by atoms with Crippen molar-refractivity contribution in [2.75, 3.05) is 23.8 Å². The number of unbranched alkanes of at least 4 members (excludes halogenated alkanes) is 1. The fraction of sp³-hybridized carbons (Fsp3) is 0.320. The summed E-state index contributed by atoms with van der Waals surface area (Å²) in [6, 6.07) is 14.6. The minimum Gasteiger partial charge on any atom is -0.490 e. The second-order valence-electron chi connectivity index (χ2n) is 7.43. The lowest BCUT2D eigenvalue weighted by atomic mass is 10.1. The summed E-state index contributed by atoms with van der Waals surface area (Å²) in [4.78, 5) is 21.6. The molecule has 3 aromatic rings. The average molecular weight is 435 g/mol. The number of ether oxygens (including phenoxy) is 2. The van der Waals surface area contributed by atoms with Crippen molar-refractivity contribution >= 4 is 23.2 Å². The molecular formula is C25H30N4O3. The topological polar surface area (TPSA) is 85.4 Å². The number of nitrogens with one attached hydrogen (secondary N) is 2. The first-order valence-electron chi connectivity index (χ1n) is 10.9. The number of aromatic nitrogens is 2. The van der Waals surface area contributed by atoms with Gasteiger partial charge in [0.1, 0.15) is 0 Å². The molecule has 7 nitrogen and oxygen atoms in total. The van der Waals surface area contributed by atoms with E-state index in [2.05, 4.69) is 27.5 Å². The predicted octanol–water partition coefficient (Wildman–Crippen LogP) is 5.67. The first-order chi connectivity index (χ1) is 15.5. The molecule has 3 rings (SSSR count). The van der Waals surface area contributed by atoms with Gasteiger partial charge >= 0.3 is 0 Å². The fourth-order valence-corrected chi connectivity index (χ4v) is 3.15. The molecule has 0 unspecified atom stereocenters. The highest BCUT2D eigenvalue weighted by Crippen LogP contribution is 2.29. The molecule has 0 saturated carbocycles. The van der Waals surface area contributed by atoms with Gasteiger partial charge in [0.25, 0.3) is 5.91 Å². The highest BCUT2D eigenvalue weighted by atomic mass is 16.5. The van der Waals surface area contributed by atoms with E-state index in [0.29, 0.717) is 41.9 Å². The Bertz CT molecular complexity index is 1050. The van der Waals surface area contributed by atoms with Crippen molar-refractivity contribution in [2.45, 2.75) is 40.5 Å². The molecule has 0 aliphatic rings. The zero-order valence-electron chi connectivity index (χ0n) is 19.1. The van der Waals surface area contributed by atoms with Gasteiger partial charge in [0.05, 0.1) is 13.2 Å². The molecule has 0 saturated heterocycles. The molecule has 0 radical (unpaired) electrons. The molecule has 1 amide bonds. The summed E-state index contributed by atoms with van der Waals surface area (Å²) in [5.74, 6) is 1.51. The predicted molar refractivity (Wildman–Crippen MR) is 127 cm³/mol. The molecule has 0 aliphatic heterocycles. The van der Waals surface area contributed by atoms with Crippen LogP contribution in [0.5, 0.6) is 11.5 Å². The zero-order chi connectivity index (χ0) is 22.9. The second-order valence-corrected chi connectivity index (χ2v) is 7.43. The van der Waals surface area contributed by atoms with E-state index in [1.807, 2.05) is 51.1 Å². The van der Waals surface area contributed by atoms with Gasteiger partial charge in [0, 0.05) is 28.3 Å². The van der Waals surface area contributed by atoms with Crippen molar-refractivity contribution in [1.82, 2.24) is 9.97 Å². The Morgan fingerprint density at radius 2 is 1.66 bits per heavy atom. The van der Waals surface area contributed by atoms with E-state index in [4.69, 9.17) is 9.47 Å². The Morgan fingerprint density at radius 1 is 0.906 bits per heavy atom. The molecule has 7 heteroatoms. The van der Waals surface area contributed by atoms with Crippen LogP contribution in [-0.4, -0.2) is 29.1 Å². The van der Waals surface area contributed by atoms with Crippen LogP contribution >= 0.6 is 0 Å². The standard InChI is InChI=1S/C25H30N4O3/c1-5-7-13-32-22-12-11-19(15-23(22)31-6-2)24(30)28-20-9-8-10-21(16-20)29-25-26-17(3)14-18(4)27-25/h8-12,14-16H,5-7,13H2,1-4H3,(H,28,30)(H,26,27,29). The molecule has 0 fully saturated rings. The van der Waals surface area contributed by atoms with Gasteiger partial charge in [-0.1, -0.05) is 19.4 Å². The summed E-state index contributed by atoms with van der Waals surface area (Å²) in [6.45, 7) is 8.97. The van der Waals surface area contributed by atoms with E-state index < -0.39 is 0 Å². The quantitative estimate of drug-likeness (QED) is 0.400. The largest absolute Gasteiger partial charge is 0.490 e. The second kappa shape index (κ2) is 11.1. The number of amides is 1. The molecule has 2 aromatic carbocycles. The van der Waals surface area contributed by atoms with Crippen LogP contribution in [0.15, 0.2) is 48.5 Å². The first-order valence-corrected chi connectivity index (χ1v) is 10.9. The summed E-state index contributed by atoms with van der Waals surface area (Å²) in [6.07, 6.45) is 2.01. The third-order valence-corrected chi connectivity index (χ3v) is 4.62. The number of benzene rings is 2. The molecule has 168 valence electrons. The smallest absolute Gasteiger partial charge is 0.255 e. The molecule has 0 aliphatic carbocycles. The summed E-state index contributed by atoms with van der Waals surface area (Å²) >= 11 is 0. The average Bonchev–Trinajstić information content (AvgIpc) is 2.74. The Kier molecular flexibility index (Phi) is 8.02. The summed E-state index contributed by atoms with van der Waals surface area (Å²) in [7, 11) is 0. The fourth-order valence-electron chi connectivity index (χ4n) is 3.15. The molecular weight excluding hydrogens is 404 g/mol. The number of carbonyl (C=O) groups is 1. The Labute approximate surface area is 189 Å². The third-order valence-electron chi connectivity index (χ3n) is 4.62. The van der Waals surface area contributed by atoms with Gasteiger partial charge in [0.2, 0.25) is 5.95 Å². The van der Waals surface area contributed by atoms with Crippen LogP contribution in [0.25, 0.3) is 0 Å². The number of hydrogen-bond donors (Lipinski definition) is 2. The highest BCUT2D eigenvalue weighted by Gasteiger charge is 2.12. The van der Waals surface area contributed by atoms with Gasteiger partial charge in [0.15, 0.2) is 11.5 Å². The highest BCUT2D eigenvalue weighted by molar-refractivity contribution is 6.04. The molecule has 32 heavy (non-hydrogen) atoms. The van der Waals surface area contributed by atoms with Gasteiger partial charge < -0.3 is 20.1 Å². The first kappa shape index (κ1) is 23.1. The maximum absolute atomic E-state index is 12.8. The molecule has 0 spiro atoms. The molecule has 0 atom stereocenters. The van der Waals surface area contributed by atoms with Crippen molar-refractivity contribution in [2.24, 2.45) is 0 Å². The maximum Gasteiger partial charge on any atom is 0.255 e. The van der Waals surface area contributed by atoms with Crippen molar-refractivity contribution in [3.63, 3.8) is 0 Å². The third kappa shape index (κ3) is 6.44. The lowest BCUT2D eigenvalue weighted by Crippen LogP contribution is -2.12. The van der Waals surface area contributed by atoms with Crippen LogP contribution in [0.2, 0.25) is 0 Å². The SMILES string of the molecule is CCCCOc1ccc(C(=O)Nc2cccc(Nc3nc(C)cc(C)n3)c2)cc1OCC. The number of aryl methyl sites for hydroxylation is 2. The van der Waals surface area contributed by atoms with Gasteiger partial charge in [-0.25, -0.2) is 9.97 Å². The summed E-state index contributed by atoms with van der Waals surface area (Å²) in [5.41, 5.74) is 3.70. The summed E-state index contributed by atoms with van der Waals surface area (Å²) in [5, 5.41) is 6.12. The van der Waals surface area contributed by atoms with Gasteiger partial charge in [-0.05, 0) is 69.7 Å².